The van der Waals surface area contributed by atoms with Crippen LogP contribution in [0.3, 0.4) is 0 Å². The third kappa shape index (κ3) is 4.84. The molecule has 0 aliphatic heterocycles. The zero-order valence-corrected chi connectivity index (χ0v) is 10.9. The Morgan fingerprint density at radius 3 is 2.82 bits per heavy atom. The minimum atomic E-state index is 0.540. The fourth-order valence-corrected chi connectivity index (χ4v) is 1.33. The van der Waals surface area contributed by atoms with Gasteiger partial charge >= 0.3 is 0 Å². The van der Waals surface area contributed by atoms with Gasteiger partial charge in [-0.05, 0) is 13.3 Å². The first-order valence-corrected chi connectivity index (χ1v) is 6.13. The molecule has 1 aromatic rings. The lowest BCUT2D eigenvalue weighted by Gasteiger charge is -2.10. The van der Waals surface area contributed by atoms with Crippen LogP contribution in [-0.2, 0) is 13.6 Å². The molecule has 1 aromatic heterocycles. The van der Waals surface area contributed by atoms with Crippen molar-refractivity contribution in [3.63, 3.8) is 0 Å². The summed E-state index contributed by atoms with van der Waals surface area (Å²) in [4.78, 5) is 4.46. The standard InChI is InChI=1S/C11H22N6/c1-4-6-7-13-11(12-5-2)14-8-10-16-15-9-17(10)3/h9H,4-8H2,1-3H3,(H2,12,13,14). The molecule has 0 saturated carbocycles. The number of nitrogens with one attached hydrogen (secondary N) is 2. The van der Waals surface area contributed by atoms with Crippen LogP contribution in [0.25, 0.3) is 0 Å². The number of hydrogen-bond acceptors (Lipinski definition) is 3. The second kappa shape index (κ2) is 7.65. The predicted molar refractivity (Wildman–Crippen MR) is 68.7 cm³/mol. The summed E-state index contributed by atoms with van der Waals surface area (Å²) in [5.41, 5.74) is 0. The lowest BCUT2D eigenvalue weighted by Crippen LogP contribution is -2.37. The number of aromatic nitrogens is 3. The van der Waals surface area contributed by atoms with Crippen LogP contribution in [0.2, 0.25) is 0 Å². The third-order valence-corrected chi connectivity index (χ3v) is 2.35. The predicted octanol–water partition coefficient (Wildman–Crippen LogP) is 0.670. The van der Waals surface area contributed by atoms with Crippen LogP contribution in [0.15, 0.2) is 11.3 Å². The normalized spacial score (nSPS) is 11.6. The van der Waals surface area contributed by atoms with Gasteiger partial charge < -0.3 is 15.2 Å². The molecule has 0 bridgehead atoms. The fraction of sp³-hybridized carbons (Fsp3) is 0.727. The van der Waals surface area contributed by atoms with Crippen LogP contribution in [0.1, 0.15) is 32.5 Å². The maximum atomic E-state index is 4.46. The Hall–Kier alpha value is -1.59. The lowest BCUT2D eigenvalue weighted by molar-refractivity contribution is 0.722. The van der Waals surface area contributed by atoms with Crippen LogP contribution >= 0.6 is 0 Å². The van der Waals surface area contributed by atoms with E-state index in [1.807, 2.05) is 11.6 Å². The fourth-order valence-electron chi connectivity index (χ4n) is 1.33. The highest BCUT2D eigenvalue weighted by molar-refractivity contribution is 5.79. The molecule has 0 saturated heterocycles. The van der Waals surface area contributed by atoms with Gasteiger partial charge in [0.25, 0.3) is 0 Å². The van der Waals surface area contributed by atoms with E-state index in [1.54, 1.807) is 6.33 Å². The highest BCUT2D eigenvalue weighted by Crippen LogP contribution is 1.93. The van der Waals surface area contributed by atoms with Gasteiger partial charge in [-0.1, -0.05) is 13.3 Å². The molecule has 0 aromatic carbocycles. The Bertz CT molecular complexity index is 343. The molecule has 2 N–H and O–H groups in total. The first-order valence-electron chi connectivity index (χ1n) is 6.13. The molecule has 96 valence electrons. The van der Waals surface area contributed by atoms with Gasteiger partial charge in [-0.3, -0.25) is 0 Å². The Labute approximate surface area is 103 Å². The van der Waals surface area contributed by atoms with Crippen molar-refractivity contribution in [2.75, 3.05) is 13.1 Å². The number of rotatable bonds is 6. The molecule has 6 nitrogen and oxygen atoms in total. The molecular formula is C11H22N6. The van der Waals surface area contributed by atoms with Gasteiger partial charge in [0.2, 0.25) is 0 Å². The summed E-state index contributed by atoms with van der Waals surface area (Å²) in [6, 6.07) is 0. The topological polar surface area (TPSA) is 67.1 Å². The molecule has 0 atom stereocenters. The minimum absolute atomic E-state index is 0.540. The number of unbranched alkanes of at least 4 members (excludes halogenated alkanes) is 1. The van der Waals surface area contributed by atoms with Gasteiger partial charge in [0.15, 0.2) is 11.8 Å². The largest absolute Gasteiger partial charge is 0.357 e. The van der Waals surface area contributed by atoms with E-state index in [1.165, 1.54) is 6.42 Å². The summed E-state index contributed by atoms with van der Waals surface area (Å²) in [7, 11) is 1.92. The molecule has 1 heterocycles. The Morgan fingerprint density at radius 2 is 2.24 bits per heavy atom. The van der Waals surface area contributed by atoms with E-state index in [-0.39, 0.29) is 0 Å². The lowest BCUT2D eigenvalue weighted by atomic mass is 10.3. The molecule has 0 unspecified atom stereocenters. The van der Waals surface area contributed by atoms with Gasteiger partial charge in [-0.2, -0.15) is 0 Å². The minimum Gasteiger partial charge on any atom is -0.357 e. The quantitative estimate of drug-likeness (QED) is 0.434. The molecule has 0 fully saturated rings. The summed E-state index contributed by atoms with van der Waals surface area (Å²) in [6.45, 7) is 6.57. The van der Waals surface area contributed by atoms with Crippen molar-refractivity contribution in [3.8, 4) is 0 Å². The maximum Gasteiger partial charge on any atom is 0.191 e. The van der Waals surface area contributed by atoms with Crippen LogP contribution < -0.4 is 10.6 Å². The van der Waals surface area contributed by atoms with Crippen molar-refractivity contribution in [2.45, 2.75) is 33.2 Å². The van der Waals surface area contributed by atoms with Crippen LogP contribution in [-0.4, -0.2) is 33.8 Å². The first kappa shape index (κ1) is 13.5. The highest BCUT2D eigenvalue weighted by Gasteiger charge is 2.00. The van der Waals surface area contributed by atoms with Crippen molar-refractivity contribution in [1.82, 2.24) is 25.4 Å². The smallest absolute Gasteiger partial charge is 0.191 e. The van der Waals surface area contributed by atoms with Crippen molar-refractivity contribution < 1.29 is 0 Å². The van der Waals surface area contributed by atoms with Gasteiger partial charge in [-0.15, -0.1) is 10.2 Å². The number of hydrogen-bond donors (Lipinski definition) is 2. The Balaban J connectivity index is 2.48. The molecule has 6 heteroatoms. The van der Waals surface area contributed by atoms with E-state index >= 15 is 0 Å². The highest BCUT2D eigenvalue weighted by atomic mass is 15.3. The van der Waals surface area contributed by atoms with Crippen molar-refractivity contribution in [1.29, 1.82) is 0 Å². The third-order valence-electron chi connectivity index (χ3n) is 2.35. The second-order valence-electron chi connectivity index (χ2n) is 3.83. The molecule has 0 amide bonds. The Morgan fingerprint density at radius 1 is 1.41 bits per heavy atom. The van der Waals surface area contributed by atoms with Gasteiger partial charge in [-0.25, -0.2) is 4.99 Å². The monoisotopic (exact) mass is 238 g/mol. The molecule has 0 aliphatic rings. The van der Waals surface area contributed by atoms with Crippen LogP contribution in [0.4, 0.5) is 0 Å². The SMILES string of the molecule is CCCCNC(=NCc1nncn1C)NCC. The average Bonchev–Trinajstić information content (AvgIpc) is 2.72. The summed E-state index contributed by atoms with van der Waals surface area (Å²) in [5, 5.41) is 14.3. The van der Waals surface area contributed by atoms with Gasteiger partial charge in [0, 0.05) is 20.1 Å². The van der Waals surface area contributed by atoms with Crippen molar-refractivity contribution in [3.05, 3.63) is 12.2 Å². The number of aliphatic imine (C=N–C) groups is 1. The molecule has 0 spiro atoms. The van der Waals surface area contributed by atoms with Crippen molar-refractivity contribution in [2.24, 2.45) is 12.0 Å². The second-order valence-corrected chi connectivity index (χ2v) is 3.83. The Kier molecular flexibility index (Phi) is 6.06. The molecular weight excluding hydrogens is 216 g/mol. The first-order chi connectivity index (χ1) is 8.27. The van der Waals surface area contributed by atoms with E-state index in [0.29, 0.717) is 6.54 Å². The number of guanidine groups is 1. The van der Waals surface area contributed by atoms with Gasteiger partial charge in [0.1, 0.15) is 12.9 Å². The van der Waals surface area contributed by atoms with E-state index in [2.05, 4.69) is 39.7 Å². The van der Waals surface area contributed by atoms with Crippen LogP contribution in [0.5, 0.6) is 0 Å². The number of nitrogens with zero attached hydrogens (tertiary/aromatic N) is 4. The molecule has 1 rings (SSSR count). The van der Waals surface area contributed by atoms with Crippen molar-refractivity contribution >= 4 is 5.96 Å². The summed E-state index contributed by atoms with van der Waals surface area (Å²) in [5.74, 6) is 1.70. The van der Waals surface area contributed by atoms with Crippen LogP contribution in [0, 0.1) is 0 Å². The van der Waals surface area contributed by atoms with E-state index in [0.717, 1.165) is 31.3 Å². The summed E-state index contributed by atoms with van der Waals surface area (Å²) in [6.07, 6.45) is 4.01. The van der Waals surface area contributed by atoms with E-state index < -0.39 is 0 Å². The average molecular weight is 238 g/mol. The molecule has 17 heavy (non-hydrogen) atoms. The summed E-state index contributed by atoms with van der Waals surface area (Å²) >= 11 is 0. The van der Waals surface area contributed by atoms with E-state index in [4.69, 9.17) is 0 Å². The van der Waals surface area contributed by atoms with Gasteiger partial charge in [0.05, 0.1) is 0 Å². The molecule has 0 radical (unpaired) electrons. The zero-order valence-electron chi connectivity index (χ0n) is 10.9. The zero-order chi connectivity index (χ0) is 12.5. The maximum absolute atomic E-state index is 4.46. The number of aryl methyl sites for hydroxylation is 1. The summed E-state index contributed by atoms with van der Waals surface area (Å²) < 4.78 is 1.87. The van der Waals surface area contributed by atoms with E-state index in [9.17, 15) is 0 Å². The molecule has 0 aliphatic carbocycles.